The van der Waals surface area contributed by atoms with Crippen LogP contribution in [0.2, 0.25) is 0 Å². The van der Waals surface area contributed by atoms with Crippen LogP contribution >= 0.6 is 0 Å². The highest BCUT2D eigenvalue weighted by molar-refractivity contribution is 6.86. The Kier molecular flexibility index (Phi) is 2.88. The molecule has 62 valence electrons. The van der Waals surface area contributed by atoms with E-state index < -0.39 is 6.28 Å². The van der Waals surface area contributed by atoms with Crippen molar-refractivity contribution >= 4 is 6.28 Å². The van der Waals surface area contributed by atoms with Crippen molar-refractivity contribution in [3.8, 4) is 0 Å². The van der Waals surface area contributed by atoms with Gasteiger partial charge in [0.1, 0.15) is 0 Å². The minimum Gasteiger partial charge on any atom is -0.512 e. The molecule has 0 amide bonds. The molecular formula is C9H18BN. The third kappa shape index (κ3) is 1.63. The Morgan fingerprint density at radius 1 is 0.909 bits per heavy atom. The quantitative estimate of drug-likeness (QED) is 0.537. The van der Waals surface area contributed by atoms with Crippen LogP contribution < -0.4 is 0 Å². The molecule has 0 N–H and O–H groups in total. The van der Waals surface area contributed by atoms with Gasteiger partial charge in [-0.05, 0) is 0 Å². The van der Waals surface area contributed by atoms with Gasteiger partial charge in [0.2, 0.25) is 0 Å². The van der Waals surface area contributed by atoms with E-state index in [0.29, 0.717) is 0 Å². The maximum atomic E-state index is 3.81. The Bertz CT molecular complexity index is 155. The predicted octanol–water partition coefficient (Wildman–Crippen LogP) is 1.81. The van der Waals surface area contributed by atoms with E-state index in [1.165, 1.54) is 0 Å². The van der Waals surface area contributed by atoms with Crippen molar-refractivity contribution in [3.63, 3.8) is 0 Å². The van der Waals surface area contributed by atoms with E-state index in [2.05, 4.69) is 40.9 Å². The molecule has 0 aromatic rings. The lowest BCUT2D eigenvalue weighted by Gasteiger charge is -2.48. The van der Waals surface area contributed by atoms with Gasteiger partial charge in [0, 0.05) is 21.1 Å². The van der Waals surface area contributed by atoms with Gasteiger partial charge in [-0.3, -0.25) is 0 Å². The van der Waals surface area contributed by atoms with Crippen LogP contribution in [0.4, 0.5) is 0 Å². The molecule has 0 saturated carbocycles. The third-order valence-corrected chi connectivity index (χ3v) is 2.47. The smallest absolute Gasteiger partial charge is 0.268 e. The average molecular weight is 151 g/mol. The predicted molar refractivity (Wildman–Crippen MR) is 54.4 cm³/mol. The highest BCUT2D eigenvalue weighted by Gasteiger charge is 2.29. The first-order chi connectivity index (χ1) is 4.93. The summed E-state index contributed by atoms with van der Waals surface area (Å²) < 4.78 is 0.802. The summed E-state index contributed by atoms with van der Waals surface area (Å²) in [5.74, 6) is 5.79. The monoisotopic (exact) mass is 151 g/mol. The van der Waals surface area contributed by atoms with Crippen LogP contribution in [0.25, 0.3) is 0 Å². The molecule has 0 aliphatic rings. The molecular weight excluding hydrogens is 133 g/mol. The molecule has 0 rings (SSSR count). The maximum absolute atomic E-state index is 3.81. The van der Waals surface area contributed by atoms with Gasteiger partial charge in [0.05, 0.1) is 0 Å². The topological polar surface area (TPSA) is 0 Å². The van der Waals surface area contributed by atoms with Gasteiger partial charge in [0.15, 0.2) is 0 Å². The van der Waals surface area contributed by atoms with Crippen molar-refractivity contribution < 1.29 is 4.39 Å². The largest absolute Gasteiger partial charge is 0.512 e. The van der Waals surface area contributed by atoms with E-state index in [-0.39, 0.29) is 0 Å². The summed E-state index contributed by atoms with van der Waals surface area (Å²) in [5, 5.41) is 0. The van der Waals surface area contributed by atoms with Crippen LogP contribution in [-0.2, 0) is 0 Å². The van der Waals surface area contributed by atoms with Gasteiger partial charge in [0.25, 0.3) is 6.28 Å². The minimum absolute atomic E-state index is 0.802. The van der Waals surface area contributed by atoms with E-state index in [1.807, 2.05) is 17.9 Å². The normalized spacial score (nSPS) is 12.3. The van der Waals surface area contributed by atoms with E-state index >= 15 is 0 Å². The molecule has 0 radical (unpaired) electrons. The number of rotatable bonds is 4. The lowest BCUT2D eigenvalue weighted by Crippen LogP contribution is -2.58. The van der Waals surface area contributed by atoms with Crippen LogP contribution in [0.3, 0.4) is 0 Å². The molecule has 11 heavy (non-hydrogen) atoms. The second kappa shape index (κ2) is 3.10. The fourth-order valence-electron chi connectivity index (χ4n) is 1.24. The zero-order valence-corrected chi connectivity index (χ0v) is 7.88. The van der Waals surface area contributed by atoms with Crippen LogP contribution in [-0.4, -0.2) is 31.8 Å². The second-order valence-corrected chi connectivity index (χ2v) is 3.85. The molecule has 1 nitrogen and oxygen atoms in total. The average Bonchev–Trinajstić information content (AvgIpc) is 1.90. The summed E-state index contributed by atoms with van der Waals surface area (Å²) in [6.45, 7) is 11.4. The van der Waals surface area contributed by atoms with Gasteiger partial charge in [-0.2, -0.15) is 17.9 Å². The van der Waals surface area contributed by atoms with E-state index in [0.717, 1.165) is 4.39 Å². The molecule has 0 unspecified atom stereocenters. The number of hydrogen-bond donors (Lipinski definition) is 0. The first kappa shape index (κ1) is 10.2. The summed E-state index contributed by atoms with van der Waals surface area (Å²) in [6.07, 6.45) is -0.875. The zero-order chi connectivity index (χ0) is 9.12. The Hall–Kier alpha value is -0.755. The van der Waals surface area contributed by atoms with Crippen molar-refractivity contribution in [2.24, 2.45) is 0 Å². The van der Waals surface area contributed by atoms with Crippen LogP contribution in [0.15, 0.2) is 37.7 Å². The van der Waals surface area contributed by atoms with Gasteiger partial charge >= 0.3 is 0 Å². The standard InChI is InChI=1S/C9H18BN/c1-7-10(8-2,9-3)11(4,5)6/h7-9H,1-3H2,4-6H3. The molecule has 0 aromatic carbocycles. The Morgan fingerprint density at radius 3 is 1.18 bits per heavy atom. The van der Waals surface area contributed by atoms with E-state index in [9.17, 15) is 0 Å². The molecule has 0 aliphatic heterocycles. The fourth-order valence-corrected chi connectivity index (χ4v) is 1.24. The van der Waals surface area contributed by atoms with E-state index in [4.69, 9.17) is 0 Å². The van der Waals surface area contributed by atoms with Gasteiger partial charge in [-0.25, -0.2) is 0 Å². The van der Waals surface area contributed by atoms with Gasteiger partial charge in [-0.1, -0.05) is 0 Å². The molecule has 0 atom stereocenters. The highest BCUT2D eigenvalue weighted by Crippen LogP contribution is 2.16. The molecule has 0 aliphatic carbocycles. The number of hydrogen-bond acceptors (Lipinski definition) is 0. The molecule has 0 fully saturated rings. The Labute approximate surface area is 70.2 Å². The molecule has 0 bridgehead atoms. The van der Waals surface area contributed by atoms with Gasteiger partial charge < -0.3 is 4.39 Å². The summed E-state index contributed by atoms with van der Waals surface area (Å²) in [6, 6.07) is 0. The summed E-state index contributed by atoms with van der Waals surface area (Å²) in [7, 11) is 6.35. The van der Waals surface area contributed by atoms with Gasteiger partial charge in [-0.15, -0.1) is 19.7 Å². The number of quaternary nitrogens is 1. The fraction of sp³-hybridized carbons (Fsp3) is 0.333. The minimum atomic E-state index is -0.875. The van der Waals surface area contributed by atoms with Crippen LogP contribution in [0, 0.1) is 0 Å². The molecule has 0 saturated heterocycles. The molecule has 2 heteroatoms. The van der Waals surface area contributed by atoms with Crippen LogP contribution in [0.1, 0.15) is 0 Å². The number of nitrogens with zero attached hydrogens (tertiary/aromatic N) is 1. The summed E-state index contributed by atoms with van der Waals surface area (Å²) in [4.78, 5) is 0. The maximum Gasteiger partial charge on any atom is 0.268 e. The van der Waals surface area contributed by atoms with Crippen molar-refractivity contribution in [1.82, 2.24) is 0 Å². The molecule has 0 spiro atoms. The highest BCUT2D eigenvalue weighted by atomic mass is 15.2. The first-order valence-corrected chi connectivity index (χ1v) is 3.82. The first-order valence-electron chi connectivity index (χ1n) is 3.82. The summed E-state index contributed by atoms with van der Waals surface area (Å²) in [5.41, 5.74) is 0. The van der Waals surface area contributed by atoms with E-state index in [1.54, 1.807) is 0 Å². The molecule has 0 aromatic heterocycles. The zero-order valence-electron chi connectivity index (χ0n) is 7.88. The summed E-state index contributed by atoms with van der Waals surface area (Å²) >= 11 is 0. The van der Waals surface area contributed by atoms with Crippen LogP contribution in [0.5, 0.6) is 0 Å². The van der Waals surface area contributed by atoms with Crippen molar-refractivity contribution in [2.45, 2.75) is 0 Å². The second-order valence-electron chi connectivity index (χ2n) is 3.85. The lowest BCUT2D eigenvalue weighted by molar-refractivity contribution is -0.764. The lowest BCUT2D eigenvalue weighted by atomic mass is 9.33. The van der Waals surface area contributed by atoms with Crippen molar-refractivity contribution in [3.05, 3.63) is 37.7 Å². The Morgan fingerprint density at radius 2 is 1.18 bits per heavy atom. The van der Waals surface area contributed by atoms with Crippen molar-refractivity contribution in [2.75, 3.05) is 21.1 Å². The third-order valence-electron chi connectivity index (χ3n) is 2.47. The Balaban J connectivity index is 4.99. The SMILES string of the molecule is C=C[B-](C=C)(C=C)[N+](C)(C)C. The molecule has 0 heterocycles. The van der Waals surface area contributed by atoms with Crippen molar-refractivity contribution in [1.29, 1.82) is 0 Å².